The van der Waals surface area contributed by atoms with Crippen molar-refractivity contribution in [3.05, 3.63) is 143 Å². The van der Waals surface area contributed by atoms with E-state index in [4.69, 9.17) is 0 Å². The SMILES string of the molecule is CC1=C2N(c3ccccc3C2(c2ccccc2)c2ccccc2)C(C2CCCCC2)N1c1ccccc1C. The van der Waals surface area contributed by atoms with Crippen LogP contribution in [0.15, 0.2) is 121 Å². The molecule has 1 atom stereocenters. The second kappa shape index (κ2) is 9.20. The molecule has 2 heteroatoms. The number of anilines is 2. The Kier molecular flexibility index (Phi) is 5.65. The van der Waals surface area contributed by atoms with Gasteiger partial charge in [-0.1, -0.05) is 116 Å². The topological polar surface area (TPSA) is 6.48 Å². The molecule has 1 fully saturated rings. The molecule has 0 bridgehead atoms. The minimum Gasteiger partial charge on any atom is -0.322 e. The van der Waals surface area contributed by atoms with Gasteiger partial charge in [-0.25, -0.2) is 0 Å². The minimum atomic E-state index is -0.368. The van der Waals surface area contributed by atoms with Gasteiger partial charge in [-0.05, 0) is 67.0 Å². The molecule has 2 aliphatic heterocycles. The average Bonchev–Trinajstić information content (AvgIpc) is 3.45. The molecule has 0 spiro atoms. The number of allylic oxidation sites excluding steroid dienone is 2. The zero-order chi connectivity index (χ0) is 25.7. The number of fused-ring (bicyclic) bond motifs is 3. The first-order chi connectivity index (χ1) is 18.7. The third-order valence-electron chi connectivity index (χ3n) is 9.26. The van der Waals surface area contributed by atoms with Gasteiger partial charge in [-0.3, -0.25) is 0 Å². The maximum Gasteiger partial charge on any atom is 0.113 e. The fourth-order valence-corrected chi connectivity index (χ4v) is 7.72. The summed E-state index contributed by atoms with van der Waals surface area (Å²) in [6.07, 6.45) is 6.87. The molecule has 0 N–H and O–H groups in total. The Morgan fingerprint density at radius 3 is 1.76 bits per heavy atom. The standard InChI is InChI=1S/C36H36N2/c1-26-16-12-14-24-32(26)37-27(2)34-36(29-19-8-4-9-20-29,30-21-10-5-11-22-30)31-23-13-15-25-33(31)38(34)35(37)28-17-6-3-7-18-28/h4-5,8-16,19-25,28,35H,3,6-7,17-18H2,1-2H3. The van der Waals surface area contributed by atoms with Crippen LogP contribution in [-0.2, 0) is 5.41 Å². The summed E-state index contributed by atoms with van der Waals surface area (Å²) < 4.78 is 0. The Hall–Kier alpha value is -3.78. The van der Waals surface area contributed by atoms with E-state index in [1.807, 2.05) is 0 Å². The normalized spacial score (nSPS) is 20.5. The predicted molar refractivity (Wildman–Crippen MR) is 158 cm³/mol. The Balaban J connectivity index is 1.57. The van der Waals surface area contributed by atoms with Crippen LogP contribution in [0.3, 0.4) is 0 Å². The van der Waals surface area contributed by atoms with Gasteiger partial charge in [0.2, 0.25) is 0 Å². The highest BCUT2D eigenvalue weighted by molar-refractivity contribution is 5.84. The van der Waals surface area contributed by atoms with E-state index >= 15 is 0 Å². The average molecular weight is 497 g/mol. The van der Waals surface area contributed by atoms with Crippen molar-refractivity contribution in [2.75, 3.05) is 9.80 Å². The summed E-state index contributed by atoms with van der Waals surface area (Å²) in [7, 11) is 0. The van der Waals surface area contributed by atoms with Gasteiger partial charge in [0, 0.05) is 17.1 Å². The van der Waals surface area contributed by atoms with Crippen LogP contribution in [0.2, 0.25) is 0 Å². The number of benzene rings is 4. The number of para-hydroxylation sites is 2. The summed E-state index contributed by atoms with van der Waals surface area (Å²) in [5.74, 6) is 0.617. The molecule has 0 amide bonds. The quantitative estimate of drug-likeness (QED) is 0.278. The molecule has 0 aromatic heterocycles. The van der Waals surface area contributed by atoms with Crippen molar-refractivity contribution in [2.24, 2.45) is 5.92 Å². The summed E-state index contributed by atoms with van der Waals surface area (Å²) in [6, 6.07) is 40.6. The molecule has 38 heavy (non-hydrogen) atoms. The highest BCUT2D eigenvalue weighted by atomic mass is 15.4. The van der Waals surface area contributed by atoms with Crippen LogP contribution >= 0.6 is 0 Å². The van der Waals surface area contributed by atoms with Crippen molar-refractivity contribution in [1.29, 1.82) is 0 Å². The lowest BCUT2D eigenvalue weighted by Crippen LogP contribution is -2.47. The lowest BCUT2D eigenvalue weighted by Gasteiger charge is -2.41. The first kappa shape index (κ1) is 23.3. The third-order valence-corrected chi connectivity index (χ3v) is 9.26. The first-order valence-corrected chi connectivity index (χ1v) is 14.3. The van der Waals surface area contributed by atoms with Crippen molar-refractivity contribution in [1.82, 2.24) is 0 Å². The molecule has 4 aromatic rings. The molecular weight excluding hydrogens is 460 g/mol. The van der Waals surface area contributed by atoms with Crippen LogP contribution in [0, 0.1) is 12.8 Å². The second-order valence-electron chi connectivity index (χ2n) is 11.3. The summed E-state index contributed by atoms with van der Waals surface area (Å²) >= 11 is 0. The monoisotopic (exact) mass is 496 g/mol. The van der Waals surface area contributed by atoms with Crippen LogP contribution in [0.25, 0.3) is 0 Å². The minimum absolute atomic E-state index is 0.279. The molecule has 0 radical (unpaired) electrons. The fraction of sp³-hybridized carbons (Fsp3) is 0.278. The van der Waals surface area contributed by atoms with Gasteiger partial charge in [-0.15, -0.1) is 0 Å². The number of aryl methyl sites for hydroxylation is 1. The number of hydrogen-bond donors (Lipinski definition) is 0. The first-order valence-electron chi connectivity index (χ1n) is 14.3. The van der Waals surface area contributed by atoms with Crippen LogP contribution in [0.1, 0.15) is 61.3 Å². The Bertz CT molecular complexity index is 1440. The zero-order valence-corrected chi connectivity index (χ0v) is 22.5. The number of hydrogen-bond acceptors (Lipinski definition) is 2. The van der Waals surface area contributed by atoms with Gasteiger partial charge >= 0.3 is 0 Å². The Morgan fingerprint density at radius 1 is 0.579 bits per heavy atom. The lowest BCUT2D eigenvalue weighted by molar-refractivity contribution is 0.306. The summed E-state index contributed by atoms with van der Waals surface area (Å²) in [5, 5.41) is 0. The van der Waals surface area contributed by atoms with E-state index in [1.54, 1.807) is 0 Å². The van der Waals surface area contributed by atoms with Gasteiger partial charge in [0.05, 0.1) is 11.1 Å². The molecule has 4 aromatic carbocycles. The summed E-state index contributed by atoms with van der Waals surface area (Å²) in [5.41, 5.74) is 10.6. The van der Waals surface area contributed by atoms with E-state index in [2.05, 4.69) is 133 Å². The van der Waals surface area contributed by atoms with Crippen molar-refractivity contribution in [3.63, 3.8) is 0 Å². The Labute approximate surface area is 227 Å². The molecule has 1 unspecified atom stereocenters. The molecule has 0 saturated heterocycles. The van der Waals surface area contributed by atoms with Gasteiger partial charge in [0.25, 0.3) is 0 Å². The highest BCUT2D eigenvalue weighted by Gasteiger charge is 2.58. The molecular formula is C36H36N2. The largest absolute Gasteiger partial charge is 0.322 e. The number of rotatable bonds is 4. The fourth-order valence-electron chi connectivity index (χ4n) is 7.72. The molecule has 190 valence electrons. The van der Waals surface area contributed by atoms with E-state index in [0.717, 1.165) is 0 Å². The van der Waals surface area contributed by atoms with E-state index in [9.17, 15) is 0 Å². The smallest absolute Gasteiger partial charge is 0.113 e. The summed E-state index contributed by atoms with van der Waals surface area (Å²) in [6.45, 7) is 4.65. The molecule has 2 heterocycles. The predicted octanol–water partition coefficient (Wildman–Crippen LogP) is 8.81. The summed E-state index contributed by atoms with van der Waals surface area (Å²) in [4.78, 5) is 5.46. The van der Waals surface area contributed by atoms with E-state index < -0.39 is 0 Å². The van der Waals surface area contributed by atoms with Crippen LogP contribution in [-0.4, -0.2) is 6.17 Å². The van der Waals surface area contributed by atoms with Gasteiger partial charge < -0.3 is 9.80 Å². The maximum atomic E-state index is 2.76. The van der Waals surface area contributed by atoms with Crippen LogP contribution in [0.4, 0.5) is 11.4 Å². The van der Waals surface area contributed by atoms with E-state index in [0.29, 0.717) is 5.92 Å². The van der Waals surface area contributed by atoms with Crippen LogP contribution < -0.4 is 9.80 Å². The molecule has 1 saturated carbocycles. The van der Waals surface area contributed by atoms with Crippen molar-refractivity contribution in [2.45, 2.75) is 57.5 Å². The molecule has 7 rings (SSSR count). The molecule has 3 aliphatic rings. The maximum absolute atomic E-state index is 2.76. The van der Waals surface area contributed by atoms with E-state index in [-0.39, 0.29) is 11.6 Å². The van der Waals surface area contributed by atoms with Gasteiger partial charge in [0.15, 0.2) is 0 Å². The van der Waals surface area contributed by atoms with Crippen LogP contribution in [0.5, 0.6) is 0 Å². The van der Waals surface area contributed by atoms with Crippen molar-refractivity contribution < 1.29 is 0 Å². The van der Waals surface area contributed by atoms with Crippen molar-refractivity contribution >= 4 is 11.4 Å². The number of nitrogens with zero attached hydrogens (tertiary/aromatic N) is 2. The van der Waals surface area contributed by atoms with Crippen molar-refractivity contribution in [3.8, 4) is 0 Å². The molecule has 1 aliphatic carbocycles. The van der Waals surface area contributed by atoms with E-state index in [1.165, 1.54) is 77.1 Å². The third kappa shape index (κ3) is 3.26. The van der Waals surface area contributed by atoms with Gasteiger partial charge in [-0.2, -0.15) is 0 Å². The molecule has 2 nitrogen and oxygen atoms in total. The lowest BCUT2D eigenvalue weighted by atomic mass is 9.68. The zero-order valence-electron chi connectivity index (χ0n) is 22.5. The highest BCUT2D eigenvalue weighted by Crippen LogP contribution is 2.61. The Morgan fingerprint density at radius 2 is 1.13 bits per heavy atom. The second-order valence-corrected chi connectivity index (χ2v) is 11.3. The van der Waals surface area contributed by atoms with Gasteiger partial charge in [0.1, 0.15) is 6.17 Å².